The summed E-state index contributed by atoms with van der Waals surface area (Å²) in [5.41, 5.74) is 1.46. The predicted octanol–water partition coefficient (Wildman–Crippen LogP) is 3.86. The van der Waals surface area contributed by atoms with Crippen molar-refractivity contribution < 1.29 is 0 Å². The lowest BCUT2D eigenvalue weighted by molar-refractivity contribution is 0.179. The smallest absolute Gasteiger partial charge is 0.138 e. The van der Waals surface area contributed by atoms with E-state index in [1.165, 1.54) is 25.6 Å². The maximum atomic E-state index is 6.13. The molecule has 1 aliphatic carbocycles. The van der Waals surface area contributed by atoms with Crippen molar-refractivity contribution in [2.75, 3.05) is 11.9 Å². The van der Waals surface area contributed by atoms with E-state index in [1.807, 2.05) is 0 Å². The minimum atomic E-state index is 0.334. The normalized spacial score (nSPS) is 17.9. The first kappa shape index (κ1) is 12.6. The Hall–Kier alpha value is -0.830. The molecule has 1 aromatic heterocycles. The van der Waals surface area contributed by atoms with Crippen molar-refractivity contribution in [1.29, 1.82) is 0 Å². The van der Waals surface area contributed by atoms with E-state index < -0.39 is 0 Å². The van der Waals surface area contributed by atoms with Crippen molar-refractivity contribution in [3.63, 3.8) is 0 Å². The molecule has 0 aromatic carbocycles. The van der Waals surface area contributed by atoms with Crippen LogP contribution in [-0.4, -0.2) is 16.5 Å². The van der Waals surface area contributed by atoms with Crippen LogP contribution in [0.4, 0.5) is 5.82 Å². The Kier molecular flexibility index (Phi) is 3.57. The lowest BCUT2D eigenvalue weighted by Gasteiger charge is -2.38. The average Bonchev–Trinajstić information content (AvgIpc) is 2.23. The van der Waals surface area contributed by atoms with Gasteiger partial charge in [0.15, 0.2) is 0 Å². The first-order valence-corrected chi connectivity index (χ1v) is 6.64. The van der Waals surface area contributed by atoms with E-state index in [-0.39, 0.29) is 0 Å². The van der Waals surface area contributed by atoms with E-state index in [0.29, 0.717) is 16.5 Å². The molecule has 1 saturated carbocycles. The molecule has 4 heteroatoms. The zero-order chi connectivity index (χ0) is 12.5. The minimum absolute atomic E-state index is 0.334. The Morgan fingerprint density at radius 1 is 1.41 bits per heavy atom. The van der Waals surface area contributed by atoms with E-state index in [4.69, 9.17) is 11.6 Å². The lowest BCUT2D eigenvalue weighted by Crippen LogP contribution is -2.33. The van der Waals surface area contributed by atoms with Gasteiger partial charge in [-0.25, -0.2) is 9.97 Å². The molecule has 3 nitrogen and oxygen atoms in total. The van der Waals surface area contributed by atoms with Gasteiger partial charge in [-0.1, -0.05) is 38.8 Å². The van der Waals surface area contributed by atoms with Gasteiger partial charge in [-0.15, -0.1) is 0 Å². The number of halogens is 1. The average molecular weight is 254 g/mol. The summed E-state index contributed by atoms with van der Waals surface area (Å²) < 4.78 is 0. The van der Waals surface area contributed by atoms with Gasteiger partial charge in [-0.3, -0.25) is 0 Å². The standard InChI is InChI=1S/C13H20ClN3/c1-9(2)10-11(14)16-8-17-12(10)15-7-13(3)5-4-6-13/h8-9H,4-7H2,1-3H3,(H,15,16,17). The summed E-state index contributed by atoms with van der Waals surface area (Å²) >= 11 is 6.13. The second kappa shape index (κ2) is 4.81. The molecule has 0 saturated heterocycles. The Balaban J connectivity index is 2.12. The molecule has 1 heterocycles. The molecule has 0 amide bonds. The van der Waals surface area contributed by atoms with Crippen molar-refractivity contribution in [1.82, 2.24) is 9.97 Å². The summed E-state index contributed by atoms with van der Waals surface area (Å²) in [6.45, 7) is 7.52. The highest BCUT2D eigenvalue weighted by Crippen LogP contribution is 2.40. The van der Waals surface area contributed by atoms with Crippen LogP contribution in [0.3, 0.4) is 0 Å². The maximum absolute atomic E-state index is 6.13. The van der Waals surface area contributed by atoms with Crippen molar-refractivity contribution in [3.05, 3.63) is 17.0 Å². The molecule has 2 rings (SSSR count). The highest BCUT2D eigenvalue weighted by molar-refractivity contribution is 6.30. The molecule has 17 heavy (non-hydrogen) atoms. The molecule has 0 aliphatic heterocycles. The fourth-order valence-corrected chi connectivity index (χ4v) is 2.63. The van der Waals surface area contributed by atoms with Crippen molar-refractivity contribution in [2.45, 2.75) is 46.0 Å². The van der Waals surface area contributed by atoms with Crippen molar-refractivity contribution >= 4 is 17.4 Å². The second-order valence-corrected chi connectivity index (χ2v) is 5.96. The first-order chi connectivity index (χ1) is 8.02. The third-order valence-corrected chi connectivity index (χ3v) is 3.96. The van der Waals surface area contributed by atoms with Gasteiger partial charge in [0, 0.05) is 12.1 Å². The topological polar surface area (TPSA) is 37.8 Å². The summed E-state index contributed by atoms with van der Waals surface area (Å²) in [6.07, 6.45) is 5.48. The molecule has 94 valence electrons. The SMILES string of the molecule is CC(C)c1c(Cl)ncnc1NCC1(C)CCC1. The molecule has 0 radical (unpaired) electrons. The van der Waals surface area contributed by atoms with Crippen molar-refractivity contribution in [2.24, 2.45) is 5.41 Å². The Morgan fingerprint density at radius 3 is 2.65 bits per heavy atom. The molecular weight excluding hydrogens is 234 g/mol. The Morgan fingerprint density at radius 2 is 2.12 bits per heavy atom. The predicted molar refractivity (Wildman–Crippen MR) is 71.6 cm³/mol. The van der Waals surface area contributed by atoms with Crippen LogP contribution in [0.25, 0.3) is 0 Å². The van der Waals surface area contributed by atoms with E-state index in [1.54, 1.807) is 0 Å². The van der Waals surface area contributed by atoms with Crippen LogP contribution >= 0.6 is 11.6 Å². The number of aromatic nitrogens is 2. The van der Waals surface area contributed by atoms with Gasteiger partial charge in [0.05, 0.1) is 0 Å². The molecule has 1 fully saturated rings. The van der Waals surface area contributed by atoms with Crippen LogP contribution in [-0.2, 0) is 0 Å². The summed E-state index contributed by atoms with van der Waals surface area (Å²) in [4.78, 5) is 8.37. The quantitative estimate of drug-likeness (QED) is 0.828. The van der Waals surface area contributed by atoms with Gasteiger partial charge in [0.25, 0.3) is 0 Å². The molecule has 1 aromatic rings. The van der Waals surface area contributed by atoms with Crippen LogP contribution in [0.2, 0.25) is 5.15 Å². The Labute approximate surface area is 108 Å². The van der Waals surface area contributed by atoms with E-state index in [9.17, 15) is 0 Å². The highest BCUT2D eigenvalue weighted by atomic mass is 35.5. The highest BCUT2D eigenvalue weighted by Gasteiger charge is 2.31. The molecular formula is C13H20ClN3. The number of anilines is 1. The Bertz CT molecular complexity index is 400. The molecule has 0 bridgehead atoms. The van der Waals surface area contributed by atoms with E-state index in [2.05, 4.69) is 36.1 Å². The van der Waals surface area contributed by atoms with E-state index >= 15 is 0 Å². The molecule has 0 unspecified atom stereocenters. The largest absolute Gasteiger partial charge is 0.369 e. The van der Waals surface area contributed by atoms with Gasteiger partial charge in [-0.2, -0.15) is 0 Å². The monoisotopic (exact) mass is 253 g/mol. The van der Waals surface area contributed by atoms with Crippen LogP contribution in [0.15, 0.2) is 6.33 Å². The second-order valence-electron chi connectivity index (χ2n) is 5.60. The number of hydrogen-bond donors (Lipinski definition) is 1. The number of nitrogens with zero attached hydrogens (tertiary/aromatic N) is 2. The lowest BCUT2D eigenvalue weighted by atomic mass is 9.70. The first-order valence-electron chi connectivity index (χ1n) is 6.26. The third kappa shape index (κ3) is 2.71. The van der Waals surface area contributed by atoms with Crippen LogP contribution in [0.1, 0.15) is 51.5 Å². The van der Waals surface area contributed by atoms with Gasteiger partial charge in [-0.05, 0) is 24.2 Å². The number of rotatable bonds is 4. The summed E-state index contributed by atoms with van der Waals surface area (Å²) in [7, 11) is 0. The molecule has 1 N–H and O–H groups in total. The van der Waals surface area contributed by atoms with Crippen LogP contribution < -0.4 is 5.32 Å². The fraction of sp³-hybridized carbons (Fsp3) is 0.692. The summed E-state index contributed by atoms with van der Waals surface area (Å²) in [6, 6.07) is 0. The number of hydrogen-bond acceptors (Lipinski definition) is 3. The van der Waals surface area contributed by atoms with E-state index in [0.717, 1.165) is 17.9 Å². The molecule has 0 spiro atoms. The van der Waals surface area contributed by atoms with Crippen molar-refractivity contribution in [3.8, 4) is 0 Å². The third-order valence-electron chi connectivity index (χ3n) is 3.66. The van der Waals surface area contributed by atoms with Gasteiger partial charge < -0.3 is 5.32 Å². The zero-order valence-electron chi connectivity index (χ0n) is 10.8. The van der Waals surface area contributed by atoms with Gasteiger partial charge in [0.2, 0.25) is 0 Å². The van der Waals surface area contributed by atoms with Gasteiger partial charge >= 0.3 is 0 Å². The van der Waals surface area contributed by atoms with Crippen LogP contribution in [0.5, 0.6) is 0 Å². The molecule has 1 aliphatic rings. The fourth-order valence-electron chi connectivity index (χ4n) is 2.28. The summed E-state index contributed by atoms with van der Waals surface area (Å²) in [5.74, 6) is 1.23. The number of nitrogens with one attached hydrogen (secondary N) is 1. The van der Waals surface area contributed by atoms with Crippen LogP contribution in [0, 0.1) is 5.41 Å². The molecule has 0 atom stereocenters. The van der Waals surface area contributed by atoms with Gasteiger partial charge in [0.1, 0.15) is 17.3 Å². The zero-order valence-corrected chi connectivity index (χ0v) is 11.5. The minimum Gasteiger partial charge on any atom is -0.369 e. The summed E-state index contributed by atoms with van der Waals surface area (Å²) in [5, 5.41) is 4.01. The maximum Gasteiger partial charge on any atom is 0.138 e.